The molecule has 2 rings (SSSR count). The van der Waals surface area contributed by atoms with E-state index in [1.165, 1.54) is 0 Å². The zero-order chi connectivity index (χ0) is 11.5. The highest BCUT2D eigenvalue weighted by atomic mass is 79.9. The van der Waals surface area contributed by atoms with Crippen LogP contribution in [0.15, 0.2) is 41.1 Å². The Morgan fingerprint density at radius 2 is 2.12 bits per heavy atom. The highest BCUT2D eigenvalue weighted by Crippen LogP contribution is 2.16. The molecule has 0 saturated heterocycles. The van der Waals surface area contributed by atoms with Gasteiger partial charge in [0.15, 0.2) is 5.76 Å². The molecule has 0 spiro atoms. The molecule has 0 saturated carbocycles. The van der Waals surface area contributed by atoms with Crippen LogP contribution < -0.4 is 0 Å². The number of hydrogen-bond acceptors (Lipinski definition) is 1. The van der Waals surface area contributed by atoms with E-state index in [0.29, 0.717) is 13.1 Å². The van der Waals surface area contributed by atoms with Gasteiger partial charge in [0.25, 0.3) is 0 Å². The maximum absolute atomic E-state index is 5.59. The van der Waals surface area contributed by atoms with Crippen molar-refractivity contribution < 1.29 is 9.31 Å². The van der Waals surface area contributed by atoms with Gasteiger partial charge in [-0.2, -0.15) is 4.58 Å². The lowest BCUT2D eigenvalue weighted by Crippen LogP contribution is -2.17. The van der Waals surface area contributed by atoms with Crippen LogP contribution >= 0.6 is 15.9 Å². The normalized spacial score (nSPS) is 14.9. The Labute approximate surface area is 103 Å². The zero-order valence-corrected chi connectivity index (χ0v) is 10.3. The summed E-state index contributed by atoms with van der Waals surface area (Å²) in [6.07, 6.45) is 5.32. The van der Waals surface area contributed by atoms with Gasteiger partial charge in [-0.05, 0) is 30.2 Å². The summed E-state index contributed by atoms with van der Waals surface area (Å²) in [6.45, 7) is 5.01. The van der Waals surface area contributed by atoms with Crippen molar-refractivity contribution in [1.82, 2.24) is 0 Å². The van der Waals surface area contributed by atoms with Crippen LogP contribution in [0.25, 0.3) is 0 Å². The first kappa shape index (κ1) is 11.0. The molecule has 0 radical (unpaired) electrons. The average molecular weight is 277 g/mol. The summed E-state index contributed by atoms with van der Waals surface area (Å²) in [5.74, 6) is 4.13. The fourth-order valence-corrected chi connectivity index (χ4v) is 1.85. The molecule has 0 N–H and O–H groups in total. The SMILES string of the molecule is C#CC[N+]1=C(c2ccc(Br)cc2)OC(=C)C1. The summed E-state index contributed by atoms with van der Waals surface area (Å²) in [5.41, 5.74) is 1.01. The molecule has 0 aromatic heterocycles. The second kappa shape index (κ2) is 4.54. The largest absolute Gasteiger partial charge is 0.403 e. The Hall–Kier alpha value is -1.53. The van der Waals surface area contributed by atoms with E-state index in [1.807, 2.05) is 28.8 Å². The molecule has 3 heteroatoms. The molecule has 1 aliphatic rings. The minimum absolute atomic E-state index is 0.532. The summed E-state index contributed by atoms with van der Waals surface area (Å²) in [5, 5.41) is 0. The van der Waals surface area contributed by atoms with Crippen LogP contribution in [-0.2, 0) is 4.74 Å². The topological polar surface area (TPSA) is 12.2 Å². The standard InChI is InChI=1S/C13H11BrNO/c1-3-8-15-9-10(2)16-13(15)11-4-6-12(14)7-5-11/h1,4-7H,2,8-9H2/q+1. The number of halogens is 1. The van der Waals surface area contributed by atoms with Gasteiger partial charge in [0.2, 0.25) is 13.1 Å². The lowest BCUT2D eigenvalue weighted by Gasteiger charge is -1.98. The molecule has 2 nitrogen and oxygen atoms in total. The molecule has 0 bridgehead atoms. The molecule has 1 heterocycles. The molecule has 80 valence electrons. The number of benzene rings is 1. The Morgan fingerprint density at radius 3 is 2.75 bits per heavy atom. The Morgan fingerprint density at radius 1 is 1.44 bits per heavy atom. The van der Waals surface area contributed by atoms with E-state index in [4.69, 9.17) is 11.2 Å². The molecule has 0 fully saturated rings. The number of nitrogens with zero attached hydrogens (tertiary/aromatic N) is 1. The van der Waals surface area contributed by atoms with Crippen molar-refractivity contribution in [2.75, 3.05) is 13.1 Å². The van der Waals surface area contributed by atoms with Crippen LogP contribution in [0.5, 0.6) is 0 Å². The fraction of sp³-hybridized carbons (Fsp3) is 0.154. The summed E-state index contributed by atoms with van der Waals surface area (Å²) in [7, 11) is 0. The first-order valence-corrected chi connectivity index (χ1v) is 5.67. The number of rotatable bonds is 2. The predicted octanol–water partition coefficient (Wildman–Crippen LogP) is 2.39. The van der Waals surface area contributed by atoms with Crippen molar-refractivity contribution in [1.29, 1.82) is 0 Å². The summed E-state index contributed by atoms with van der Waals surface area (Å²) in [4.78, 5) is 0. The summed E-state index contributed by atoms with van der Waals surface area (Å²) < 4.78 is 8.62. The van der Waals surface area contributed by atoms with Crippen LogP contribution in [0, 0.1) is 12.3 Å². The third-order valence-corrected chi connectivity index (χ3v) is 2.80. The van der Waals surface area contributed by atoms with Gasteiger partial charge in [0.05, 0.1) is 5.56 Å². The van der Waals surface area contributed by atoms with Gasteiger partial charge in [0.1, 0.15) is 0 Å². The van der Waals surface area contributed by atoms with Crippen molar-refractivity contribution in [3.05, 3.63) is 46.6 Å². The molecule has 1 aromatic rings. The van der Waals surface area contributed by atoms with E-state index in [2.05, 4.69) is 28.4 Å². The maximum atomic E-state index is 5.59. The average Bonchev–Trinajstić information content (AvgIpc) is 2.61. The summed E-state index contributed by atoms with van der Waals surface area (Å²) in [6, 6.07) is 7.92. The minimum atomic E-state index is 0.532. The molecular weight excluding hydrogens is 266 g/mol. The van der Waals surface area contributed by atoms with Gasteiger partial charge in [-0.1, -0.05) is 22.5 Å². The lowest BCUT2D eigenvalue weighted by molar-refractivity contribution is -0.501. The van der Waals surface area contributed by atoms with Crippen LogP contribution in [0.1, 0.15) is 5.56 Å². The predicted molar refractivity (Wildman–Crippen MR) is 67.3 cm³/mol. The van der Waals surface area contributed by atoms with E-state index in [0.717, 1.165) is 21.7 Å². The third kappa shape index (κ3) is 2.17. The number of hydrogen-bond donors (Lipinski definition) is 0. The smallest absolute Gasteiger partial charge is 0.376 e. The van der Waals surface area contributed by atoms with Gasteiger partial charge in [0, 0.05) is 4.47 Å². The first-order chi connectivity index (χ1) is 7.70. The van der Waals surface area contributed by atoms with Gasteiger partial charge in [-0.3, -0.25) is 0 Å². The van der Waals surface area contributed by atoms with E-state index >= 15 is 0 Å². The second-order valence-corrected chi connectivity index (χ2v) is 4.43. The van der Waals surface area contributed by atoms with Crippen molar-refractivity contribution in [2.45, 2.75) is 0 Å². The van der Waals surface area contributed by atoms with Crippen molar-refractivity contribution in [3.63, 3.8) is 0 Å². The van der Waals surface area contributed by atoms with Crippen molar-refractivity contribution >= 4 is 21.8 Å². The highest BCUT2D eigenvalue weighted by Gasteiger charge is 2.28. The molecule has 0 amide bonds. The van der Waals surface area contributed by atoms with Gasteiger partial charge >= 0.3 is 5.90 Å². The van der Waals surface area contributed by atoms with E-state index in [1.54, 1.807) is 0 Å². The van der Waals surface area contributed by atoms with Crippen LogP contribution in [0.3, 0.4) is 0 Å². The second-order valence-electron chi connectivity index (χ2n) is 3.51. The molecule has 0 atom stereocenters. The van der Waals surface area contributed by atoms with Crippen LogP contribution in [0.2, 0.25) is 0 Å². The molecule has 1 aliphatic heterocycles. The maximum Gasteiger partial charge on any atom is 0.376 e. The summed E-state index contributed by atoms with van der Waals surface area (Å²) >= 11 is 3.40. The van der Waals surface area contributed by atoms with E-state index < -0.39 is 0 Å². The molecule has 0 aliphatic carbocycles. The van der Waals surface area contributed by atoms with Crippen molar-refractivity contribution in [2.24, 2.45) is 0 Å². The molecule has 1 aromatic carbocycles. The molecule has 16 heavy (non-hydrogen) atoms. The minimum Gasteiger partial charge on any atom is -0.403 e. The van der Waals surface area contributed by atoms with Gasteiger partial charge < -0.3 is 4.74 Å². The first-order valence-electron chi connectivity index (χ1n) is 4.87. The number of terminal acetylenes is 1. The van der Waals surface area contributed by atoms with Gasteiger partial charge in [-0.15, -0.1) is 6.42 Å². The van der Waals surface area contributed by atoms with Crippen molar-refractivity contribution in [3.8, 4) is 12.3 Å². The Balaban J connectivity index is 2.38. The highest BCUT2D eigenvalue weighted by molar-refractivity contribution is 9.10. The number of ether oxygens (including phenoxy) is 1. The Bertz CT molecular complexity index is 494. The molecular formula is C13H11BrNO+. The van der Waals surface area contributed by atoms with E-state index in [9.17, 15) is 0 Å². The zero-order valence-electron chi connectivity index (χ0n) is 8.74. The quantitative estimate of drug-likeness (QED) is 0.597. The van der Waals surface area contributed by atoms with Crippen LogP contribution in [0.4, 0.5) is 0 Å². The molecule has 0 unspecified atom stereocenters. The third-order valence-electron chi connectivity index (χ3n) is 2.27. The lowest BCUT2D eigenvalue weighted by atomic mass is 10.2. The fourth-order valence-electron chi connectivity index (χ4n) is 1.59. The van der Waals surface area contributed by atoms with Gasteiger partial charge in [-0.25, -0.2) is 0 Å². The van der Waals surface area contributed by atoms with Crippen LogP contribution in [-0.4, -0.2) is 23.6 Å². The monoisotopic (exact) mass is 276 g/mol. The Kier molecular flexibility index (Phi) is 3.12. The van der Waals surface area contributed by atoms with E-state index in [-0.39, 0.29) is 0 Å².